The van der Waals surface area contributed by atoms with E-state index in [9.17, 15) is 9.59 Å². The summed E-state index contributed by atoms with van der Waals surface area (Å²) in [5, 5.41) is 1.56. The molecule has 0 radical (unpaired) electrons. The van der Waals surface area contributed by atoms with Crippen LogP contribution in [0, 0.1) is 0 Å². The number of anilines is 1. The molecule has 0 saturated carbocycles. The number of hydrogen-bond donors (Lipinski definition) is 0. The van der Waals surface area contributed by atoms with Crippen LogP contribution in [-0.4, -0.2) is 32.1 Å². The van der Waals surface area contributed by atoms with Gasteiger partial charge in [0.25, 0.3) is 5.91 Å². The molecule has 5 heteroatoms. The van der Waals surface area contributed by atoms with Gasteiger partial charge in [-0.1, -0.05) is 42.5 Å². The van der Waals surface area contributed by atoms with E-state index in [1.807, 2.05) is 48.5 Å². The quantitative estimate of drug-likeness (QED) is 0.667. The smallest absolute Gasteiger partial charge is 0.339 e. The lowest BCUT2D eigenvalue weighted by Gasteiger charge is -2.17. The number of fused-ring (bicyclic) bond motifs is 2. The molecular weight excluding hydrogens is 342 g/mol. The molecule has 4 rings (SSSR count). The minimum atomic E-state index is -0.519. The number of methoxy groups -OCH3 is 1. The number of carbonyl (C=O) groups excluding carboxylic acids is 2. The fourth-order valence-corrected chi connectivity index (χ4v) is 3.51. The van der Waals surface area contributed by atoms with Crippen molar-refractivity contribution in [1.82, 2.24) is 0 Å². The van der Waals surface area contributed by atoms with E-state index in [0.29, 0.717) is 17.9 Å². The fraction of sp³-hybridized carbons (Fsp3) is 0.182. The molecule has 136 valence electrons. The second-order valence-electron chi connectivity index (χ2n) is 6.36. The first-order chi connectivity index (χ1) is 13.2. The number of carbonyl (C=O) groups is 2. The summed E-state index contributed by atoms with van der Waals surface area (Å²) in [4.78, 5) is 26.8. The van der Waals surface area contributed by atoms with Gasteiger partial charge in [-0.15, -0.1) is 0 Å². The van der Waals surface area contributed by atoms with E-state index in [2.05, 4.69) is 0 Å². The van der Waals surface area contributed by atoms with E-state index in [1.165, 1.54) is 0 Å². The number of ether oxygens (including phenoxy) is 2. The highest BCUT2D eigenvalue weighted by Crippen LogP contribution is 2.29. The third-order valence-corrected chi connectivity index (χ3v) is 4.84. The molecule has 3 aromatic carbocycles. The fourth-order valence-electron chi connectivity index (χ4n) is 3.51. The van der Waals surface area contributed by atoms with E-state index in [4.69, 9.17) is 9.47 Å². The zero-order chi connectivity index (χ0) is 18.8. The molecule has 0 saturated heterocycles. The Morgan fingerprint density at radius 3 is 2.52 bits per heavy atom. The zero-order valence-electron chi connectivity index (χ0n) is 15.0. The highest BCUT2D eigenvalue weighted by molar-refractivity contribution is 6.07. The van der Waals surface area contributed by atoms with E-state index in [0.717, 1.165) is 28.4 Å². The van der Waals surface area contributed by atoms with Gasteiger partial charge in [0.15, 0.2) is 6.61 Å². The Morgan fingerprint density at radius 1 is 0.963 bits per heavy atom. The van der Waals surface area contributed by atoms with Crippen molar-refractivity contribution in [2.24, 2.45) is 0 Å². The number of benzene rings is 3. The lowest BCUT2D eigenvalue weighted by atomic mass is 10.0. The van der Waals surface area contributed by atoms with Crippen LogP contribution in [0.15, 0.2) is 60.7 Å². The van der Waals surface area contributed by atoms with Gasteiger partial charge in [-0.25, -0.2) is 4.79 Å². The summed E-state index contributed by atoms with van der Waals surface area (Å²) in [5.74, 6) is -0.0484. The Morgan fingerprint density at radius 2 is 1.70 bits per heavy atom. The molecule has 27 heavy (non-hydrogen) atoms. The average Bonchev–Trinajstić information content (AvgIpc) is 3.15. The summed E-state index contributed by atoms with van der Waals surface area (Å²) in [6.07, 6.45) is 0.818. The largest absolute Gasteiger partial charge is 0.496 e. The lowest BCUT2D eigenvalue weighted by Crippen LogP contribution is -2.33. The van der Waals surface area contributed by atoms with Crippen LogP contribution in [-0.2, 0) is 16.0 Å². The van der Waals surface area contributed by atoms with Crippen molar-refractivity contribution in [2.45, 2.75) is 6.42 Å². The van der Waals surface area contributed by atoms with Crippen molar-refractivity contribution in [1.29, 1.82) is 0 Å². The molecule has 0 spiro atoms. The Bertz CT molecular complexity index is 1030. The molecule has 0 bridgehead atoms. The predicted molar refractivity (Wildman–Crippen MR) is 103 cm³/mol. The van der Waals surface area contributed by atoms with Crippen molar-refractivity contribution in [3.05, 3.63) is 71.8 Å². The molecule has 0 aliphatic carbocycles. The summed E-state index contributed by atoms with van der Waals surface area (Å²) < 4.78 is 10.7. The predicted octanol–water partition coefficient (Wildman–Crippen LogP) is 3.59. The maximum absolute atomic E-state index is 12.6. The topological polar surface area (TPSA) is 55.8 Å². The van der Waals surface area contributed by atoms with E-state index >= 15 is 0 Å². The van der Waals surface area contributed by atoms with Crippen LogP contribution < -0.4 is 9.64 Å². The highest BCUT2D eigenvalue weighted by Gasteiger charge is 2.25. The Balaban J connectivity index is 1.51. The summed E-state index contributed by atoms with van der Waals surface area (Å²) >= 11 is 0. The van der Waals surface area contributed by atoms with Crippen LogP contribution in [0.2, 0.25) is 0 Å². The molecule has 0 aromatic heterocycles. The van der Waals surface area contributed by atoms with Gasteiger partial charge in [-0.3, -0.25) is 4.79 Å². The number of para-hydroxylation sites is 1. The van der Waals surface area contributed by atoms with Crippen LogP contribution in [0.4, 0.5) is 5.69 Å². The van der Waals surface area contributed by atoms with Gasteiger partial charge in [0.05, 0.1) is 12.7 Å². The normalized spacial score (nSPS) is 12.7. The summed E-state index contributed by atoms with van der Waals surface area (Å²) in [7, 11) is 1.59. The zero-order valence-corrected chi connectivity index (χ0v) is 15.0. The molecular formula is C22H19NO4. The maximum Gasteiger partial charge on any atom is 0.339 e. The maximum atomic E-state index is 12.6. The standard InChI is InChI=1S/C22H19NO4/c1-26-20-11-10-18(16-7-3-4-8-17(16)20)22(25)27-14-21(24)23-13-12-15-6-2-5-9-19(15)23/h2-11H,12-14H2,1H3. The van der Waals surface area contributed by atoms with Crippen LogP contribution >= 0.6 is 0 Å². The third kappa shape index (κ3) is 3.12. The molecule has 1 aliphatic rings. The first-order valence-electron chi connectivity index (χ1n) is 8.80. The second-order valence-corrected chi connectivity index (χ2v) is 6.36. The number of amides is 1. The third-order valence-electron chi connectivity index (χ3n) is 4.84. The molecule has 0 fully saturated rings. The van der Waals surface area contributed by atoms with Gasteiger partial charge >= 0.3 is 5.97 Å². The lowest BCUT2D eigenvalue weighted by molar-refractivity contribution is -0.121. The Kier molecular flexibility index (Phi) is 4.50. The first kappa shape index (κ1) is 17.1. The molecule has 3 aromatic rings. The van der Waals surface area contributed by atoms with Gasteiger partial charge in [0, 0.05) is 17.6 Å². The molecule has 1 heterocycles. The van der Waals surface area contributed by atoms with Gasteiger partial charge in [0.1, 0.15) is 5.75 Å². The van der Waals surface area contributed by atoms with Gasteiger partial charge < -0.3 is 14.4 Å². The summed E-state index contributed by atoms with van der Waals surface area (Å²) in [6.45, 7) is 0.328. The minimum Gasteiger partial charge on any atom is -0.496 e. The SMILES string of the molecule is COc1ccc(C(=O)OCC(=O)N2CCc3ccccc32)c2ccccc12. The van der Waals surface area contributed by atoms with Crippen molar-refractivity contribution < 1.29 is 19.1 Å². The average molecular weight is 361 g/mol. The Labute approximate surface area is 157 Å². The van der Waals surface area contributed by atoms with Crippen molar-refractivity contribution in [3.63, 3.8) is 0 Å². The van der Waals surface area contributed by atoms with Crippen molar-refractivity contribution in [3.8, 4) is 5.75 Å². The van der Waals surface area contributed by atoms with Crippen LogP contribution in [0.1, 0.15) is 15.9 Å². The number of esters is 1. The number of nitrogens with zero attached hydrogens (tertiary/aromatic N) is 1. The summed E-state index contributed by atoms with van der Waals surface area (Å²) in [6, 6.07) is 18.7. The summed E-state index contributed by atoms with van der Waals surface area (Å²) in [5.41, 5.74) is 2.45. The van der Waals surface area contributed by atoms with E-state index in [-0.39, 0.29) is 12.5 Å². The van der Waals surface area contributed by atoms with Crippen molar-refractivity contribution in [2.75, 3.05) is 25.2 Å². The highest BCUT2D eigenvalue weighted by atomic mass is 16.5. The molecule has 0 unspecified atom stereocenters. The van der Waals surface area contributed by atoms with Gasteiger partial charge in [0.2, 0.25) is 0 Å². The second kappa shape index (κ2) is 7.11. The van der Waals surface area contributed by atoms with Gasteiger partial charge in [-0.2, -0.15) is 0 Å². The van der Waals surface area contributed by atoms with Gasteiger partial charge in [-0.05, 0) is 35.6 Å². The first-order valence-corrected chi connectivity index (χ1v) is 8.80. The molecule has 0 atom stereocenters. The monoisotopic (exact) mass is 361 g/mol. The number of hydrogen-bond acceptors (Lipinski definition) is 4. The minimum absolute atomic E-state index is 0.217. The van der Waals surface area contributed by atoms with Crippen molar-refractivity contribution >= 4 is 28.3 Å². The molecule has 5 nitrogen and oxygen atoms in total. The Hall–Kier alpha value is -3.34. The molecule has 1 amide bonds. The van der Waals surface area contributed by atoms with E-state index in [1.54, 1.807) is 24.1 Å². The number of rotatable bonds is 4. The molecule has 1 aliphatic heterocycles. The van der Waals surface area contributed by atoms with Crippen LogP contribution in [0.3, 0.4) is 0 Å². The van der Waals surface area contributed by atoms with Crippen LogP contribution in [0.5, 0.6) is 5.75 Å². The van der Waals surface area contributed by atoms with E-state index < -0.39 is 5.97 Å². The molecule has 0 N–H and O–H groups in total. The van der Waals surface area contributed by atoms with Crippen LogP contribution in [0.25, 0.3) is 10.8 Å².